The summed E-state index contributed by atoms with van der Waals surface area (Å²) in [6.07, 6.45) is 0. The maximum Gasteiger partial charge on any atom is 0.316 e. The van der Waals surface area contributed by atoms with Crippen LogP contribution in [-0.4, -0.2) is 14.9 Å². The van der Waals surface area contributed by atoms with Crippen molar-refractivity contribution in [3.63, 3.8) is 0 Å². The Kier molecular flexibility index (Phi) is 3.27. The van der Waals surface area contributed by atoms with E-state index in [2.05, 4.69) is 9.97 Å². The fourth-order valence-corrected chi connectivity index (χ4v) is 2.58. The Hall–Kier alpha value is -2.53. The highest BCUT2D eigenvalue weighted by atomic mass is 35.5. The number of aromatic nitrogens is 2. The molecule has 0 N–H and O–H groups in total. The van der Waals surface area contributed by atoms with Crippen LogP contribution in [0.3, 0.4) is 0 Å². The lowest BCUT2D eigenvalue weighted by Gasteiger charge is -2.08. The molecule has 1 heterocycles. The molecule has 0 saturated heterocycles. The third-order valence-corrected chi connectivity index (χ3v) is 3.43. The van der Waals surface area contributed by atoms with Gasteiger partial charge in [-0.1, -0.05) is 42.5 Å². The number of nitro groups is 1. The summed E-state index contributed by atoms with van der Waals surface area (Å²) in [5, 5.41) is 13.2. The number of halogens is 1. The number of aryl methyl sites for hydroxylation is 1. The number of nitrogens with zero attached hydrogens (tertiary/aromatic N) is 3. The van der Waals surface area contributed by atoms with Crippen LogP contribution in [0.25, 0.3) is 22.0 Å². The van der Waals surface area contributed by atoms with Crippen LogP contribution in [0, 0.1) is 17.0 Å². The van der Waals surface area contributed by atoms with Gasteiger partial charge in [-0.3, -0.25) is 10.1 Å². The van der Waals surface area contributed by atoms with Crippen molar-refractivity contribution in [3.8, 4) is 11.3 Å². The SMILES string of the molecule is Cc1nc(Cl)nc(-c2cccc3ccccc23)c1[N+](=O)[O-]. The van der Waals surface area contributed by atoms with Crippen molar-refractivity contribution in [2.75, 3.05) is 0 Å². The highest BCUT2D eigenvalue weighted by Crippen LogP contribution is 2.35. The summed E-state index contributed by atoms with van der Waals surface area (Å²) in [5.41, 5.74) is 1.06. The summed E-state index contributed by atoms with van der Waals surface area (Å²) in [6.45, 7) is 1.56. The largest absolute Gasteiger partial charge is 0.316 e. The van der Waals surface area contributed by atoms with Gasteiger partial charge in [0.15, 0.2) is 5.69 Å². The first kappa shape index (κ1) is 13.5. The van der Waals surface area contributed by atoms with Gasteiger partial charge in [-0.05, 0) is 29.3 Å². The van der Waals surface area contributed by atoms with Gasteiger partial charge >= 0.3 is 5.69 Å². The van der Waals surface area contributed by atoms with Crippen LogP contribution < -0.4 is 0 Å². The summed E-state index contributed by atoms with van der Waals surface area (Å²) in [4.78, 5) is 18.8. The monoisotopic (exact) mass is 299 g/mol. The predicted octanol–water partition coefficient (Wildman–Crippen LogP) is 4.17. The van der Waals surface area contributed by atoms with Gasteiger partial charge in [-0.25, -0.2) is 9.97 Å². The summed E-state index contributed by atoms with van der Waals surface area (Å²) in [6, 6.07) is 13.2. The Bertz CT molecular complexity index is 859. The van der Waals surface area contributed by atoms with E-state index in [1.165, 1.54) is 0 Å². The third-order valence-electron chi connectivity index (χ3n) is 3.26. The topological polar surface area (TPSA) is 68.9 Å². The zero-order valence-electron chi connectivity index (χ0n) is 11.1. The lowest BCUT2D eigenvalue weighted by molar-refractivity contribution is -0.385. The van der Waals surface area contributed by atoms with E-state index in [9.17, 15) is 10.1 Å². The van der Waals surface area contributed by atoms with Crippen LogP contribution in [0.5, 0.6) is 0 Å². The van der Waals surface area contributed by atoms with E-state index in [1.807, 2.05) is 36.4 Å². The molecular weight excluding hydrogens is 290 g/mol. The van der Waals surface area contributed by atoms with E-state index in [-0.39, 0.29) is 22.4 Å². The van der Waals surface area contributed by atoms with E-state index in [0.29, 0.717) is 5.56 Å². The van der Waals surface area contributed by atoms with Gasteiger partial charge < -0.3 is 0 Å². The molecule has 0 radical (unpaired) electrons. The van der Waals surface area contributed by atoms with Crippen molar-refractivity contribution in [3.05, 3.63) is 63.6 Å². The van der Waals surface area contributed by atoms with E-state index in [0.717, 1.165) is 10.8 Å². The number of fused-ring (bicyclic) bond motifs is 1. The molecule has 0 aliphatic heterocycles. The lowest BCUT2D eigenvalue weighted by atomic mass is 10.0. The molecule has 0 atom stereocenters. The minimum absolute atomic E-state index is 0.000958. The van der Waals surface area contributed by atoms with Crippen molar-refractivity contribution in [1.82, 2.24) is 9.97 Å². The quantitative estimate of drug-likeness (QED) is 0.404. The van der Waals surface area contributed by atoms with Crippen molar-refractivity contribution in [2.24, 2.45) is 0 Å². The van der Waals surface area contributed by atoms with Gasteiger partial charge in [0, 0.05) is 5.56 Å². The molecule has 0 bridgehead atoms. The number of rotatable bonds is 2. The number of hydrogen-bond donors (Lipinski definition) is 0. The average Bonchev–Trinajstić information content (AvgIpc) is 2.45. The molecule has 0 saturated carbocycles. The third kappa shape index (κ3) is 2.32. The van der Waals surface area contributed by atoms with Gasteiger partial charge in [0.25, 0.3) is 0 Å². The highest BCUT2D eigenvalue weighted by Gasteiger charge is 2.23. The zero-order valence-corrected chi connectivity index (χ0v) is 11.8. The molecule has 0 unspecified atom stereocenters. The Morgan fingerprint density at radius 2 is 1.81 bits per heavy atom. The van der Waals surface area contributed by atoms with Crippen molar-refractivity contribution < 1.29 is 4.92 Å². The fourth-order valence-electron chi connectivity index (χ4n) is 2.37. The van der Waals surface area contributed by atoms with Gasteiger partial charge in [0.05, 0.1) is 4.92 Å². The first-order valence-corrected chi connectivity index (χ1v) is 6.62. The van der Waals surface area contributed by atoms with Crippen molar-refractivity contribution >= 4 is 28.1 Å². The Balaban J connectivity index is 2.41. The molecule has 0 aliphatic carbocycles. The molecule has 0 aliphatic rings. The van der Waals surface area contributed by atoms with Crippen LogP contribution in [0.1, 0.15) is 5.69 Å². The summed E-state index contributed by atoms with van der Waals surface area (Å²) in [5.74, 6) is 0. The molecule has 3 aromatic rings. The molecule has 3 rings (SSSR count). The molecule has 6 heteroatoms. The zero-order chi connectivity index (χ0) is 15.0. The first-order valence-electron chi connectivity index (χ1n) is 6.24. The summed E-state index contributed by atoms with van der Waals surface area (Å²) >= 11 is 5.88. The molecule has 1 aromatic heterocycles. The molecule has 0 amide bonds. The smallest absolute Gasteiger partial charge is 0.258 e. The average molecular weight is 300 g/mol. The standard InChI is InChI=1S/C15H10ClN3O2/c1-9-14(19(20)21)13(18-15(16)17-9)12-8-4-6-10-5-2-3-7-11(10)12/h2-8H,1H3. The Labute approximate surface area is 125 Å². The number of benzene rings is 2. The lowest BCUT2D eigenvalue weighted by Crippen LogP contribution is -2.01. The molecular formula is C15H10ClN3O2. The fraction of sp³-hybridized carbons (Fsp3) is 0.0667. The minimum atomic E-state index is -0.469. The van der Waals surface area contributed by atoms with E-state index in [4.69, 9.17) is 11.6 Å². The predicted molar refractivity (Wildman–Crippen MR) is 81.4 cm³/mol. The van der Waals surface area contributed by atoms with Gasteiger partial charge in [0.1, 0.15) is 5.69 Å². The maximum absolute atomic E-state index is 11.3. The highest BCUT2D eigenvalue weighted by molar-refractivity contribution is 6.28. The van der Waals surface area contributed by atoms with Crippen LogP contribution in [0.4, 0.5) is 5.69 Å². The molecule has 0 fully saturated rings. The normalized spacial score (nSPS) is 10.8. The van der Waals surface area contributed by atoms with Crippen molar-refractivity contribution in [2.45, 2.75) is 6.92 Å². The Morgan fingerprint density at radius 3 is 2.57 bits per heavy atom. The first-order chi connectivity index (χ1) is 10.1. The summed E-state index contributed by atoms with van der Waals surface area (Å²) in [7, 11) is 0. The number of hydrogen-bond acceptors (Lipinski definition) is 4. The minimum Gasteiger partial charge on any atom is -0.258 e. The molecule has 2 aromatic carbocycles. The molecule has 5 nitrogen and oxygen atoms in total. The van der Waals surface area contributed by atoms with Crippen molar-refractivity contribution in [1.29, 1.82) is 0 Å². The molecule has 21 heavy (non-hydrogen) atoms. The second kappa shape index (κ2) is 5.10. The molecule has 0 spiro atoms. The van der Waals surface area contributed by atoms with E-state index in [1.54, 1.807) is 13.0 Å². The van der Waals surface area contributed by atoms with Gasteiger partial charge in [-0.2, -0.15) is 0 Å². The maximum atomic E-state index is 11.3. The van der Waals surface area contributed by atoms with Crippen LogP contribution >= 0.6 is 11.6 Å². The van der Waals surface area contributed by atoms with Gasteiger partial charge in [0.2, 0.25) is 5.28 Å². The molecule has 104 valence electrons. The Morgan fingerprint density at radius 1 is 1.10 bits per heavy atom. The van der Waals surface area contributed by atoms with Crippen LogP contribution in [-0.2, 0) is 0 Å². The van der Waals surface area contributed by atoms with E-state index >= 15 is 0 Å². The van der Waals surface area contributed by atoms with Crippen LogP contribution in [0.2, 0.25) is 5.28 Å². The second-order valence-corrected chi connectivity index (χ2v) is 4.90. The van der Waals surface area contributed by atoms with Crippen LogP contribution in [0.15, 0.2) is 42.5 Å². The van der Waals surface area contributed by atoms with E-state index < -0.39 is 4.92 Å². The second-order valence-electron chi connectivity index (χ2n) is 4.56. The van der Waals surface area contributed by atoms with Gasteiger partial charge in [-0.15, -0.1) is 0 Å². The summed E-state index contributed by atoms with van der Waals surface area (Å²) < 4.78 is 0.